The molecule has 152 valence electrons. The molecule has 0 aliphatic heterocycles. The van der Waals surface area contributed by atoms with E-state index in [0.717, 1.165) is 16.8 Å². The number of anilines is 3. The third kappa shape index (κ3) is 4.37. The van der Waals surface area contributed by atoms with Crippen LogP contribution in [0.3, 0.4) is 0 Å². The molecular formula is C22H19ClN4O2S. The number of nitrogens with one attached hydrogen (secondary N) is 2. The second-order valence-corrected chi connectivity index (χ2v) is 9.09. The van der Waals surface area contributed by atoms with Gasteiger partial charge in [0.25, 0.3) is 10.0 Å². The minimum Gasteiger partial charge on any atom is -0.337 e. The molecule has 1 heterocycles. The third-order valence-electron chi connectivity index (χ3n) is 4.39. The van der Waals surface area contributed by atoms with Crippen LogP contribution in [0.4, 0.5) is 17.3 Å². The van der Waals surface area contributed by atoms with Crippen LogP contribution in [0.2, 0.25) is 5.02 Å². The van der Waals surface area contributed by atoms with Gasteiger partial charge < -0.3 is 5.32 Å². The molecule has 0 unspecified atom stereocenters. The Hall–Kier alpha value is -3.16. The first kappa shape index (κ1) is 20.1. The summed E-state index contributed by atoms with van der Waals surface area (Å²) in [5, 5.41) is 3.53. The Bertz CT molecular complexity index is 1340. The van der Waals surface area contributed by atoms with Gasteiger partial charge >= 0.3 is 0 Å². The monoisotopic (exact) mass is 438 g/mol. The number of hydrogen-bond acceptors (Lipinski definition) is 5. The Morgan fingerprint density at radius 1 is 0.800 bits per heavy atom. The number of halogens is 1. The Balaban J connectivity index is 1.80. The van der Waals surface area contributed by atoms with Crippen molar-refractivity contribution in [2.24, 2.45) is 0 Å². The molecule has 0 atom stereocenters. The van der Waals surface area contributed by atoms with E-state index in [-0.39, 0.29) is 10.7 Å². The molecule has 0 spiro atoms. The van der Waals surface area contributed by atoms with Crippen molar-refractivity contribution < 1.29 is 8.42 Å². The molecule has 0 aliphatic carbocycles. The summed E-state index contributed by atoms with van der Waals surface area (Å²) in [6.45, 7) is 3.99. The van der Waals surface area contributed by atoms with Crippen LogP contribution < -0.4 is 10.0 Å². The maximum Gasteiger partial charge on any atom is 0.263 e. The fraction of sp³-hybridized carbons (Fsp3) is 0.0909. The molecule has 6 nitrogen and oxygen atoms in total. The van der Waals surface area contributed by atoms with Crippen LogP contribution in [0.15, 0.2) is 71.6 Å². The highest BCUT2D eigenvalue weighted by Crippen LogP contribution is 2.28. The lowest BCUT2D eigenvalue weighted by atomic mass is 10.1. The summed E-state index contributed by atoms with van der Waals surface area (Å²) in [7, 11) is -3.91. The molecule has 0 amide bonds. The SMILES string of the molecule is Cc1cc(C)cc(Nc2nc3ccccc3nc2NS(=O)(=O)c2cccc(Cl)c2)c1. The zero-order valence-electron chi connectivity index (χ0n) is 16.3. The molecule has 0 saturated heterocycles. The van der Waals surface area contributed by atoms with E-state index in [4.69, 9.17) is 11.6 Å². The zero-order valence-corrected chi connectivity index (χ0v) is 17.9. The summed E-state index contributed by atoms with van der Waals surface area (Å²) in [6, 6.07) is 19.3. The molecule has 8 heteroatoms. The topological polar surface area (TPSA) is 84.0 Å². The van der Waals surface area contributed by atoms with E-state index >= 15 is 0 Å². The van der Waals surface area contributed by atoms with Gasteiger partial charge in [-0.3, -0.25) is 4.72 Å². The normalized spacial score (nSPS) is 11.4. The minimum absolute atomic E-state index is 0.0438. The predicted octanol–water partition coefficient (Wildman–Crippen LogP) is 5.44. The fourth-order valence-corrected chi connectivity index (χ4v) is 4.47. The van der Waals surface area contributed by atoms with Crippen molar-refractivity contribution in [3.05, 3.63) is 82.9 Å². The van der Waals surface area contributed by atoms with Gasteiger partial charge in [-0.05, 0) is 67.4 Å². The quantitative estimate of drug-likeness (QED) is 0.433. The van der Waals surface area contributed by atoms with Crippen LogP contribution in [0, 0.1) is 13.8 Å². The molecule has 0 aliphatic rings. The highest BCUT2D eigenvalue weighted by molar-refractivity contribution is 7.92. The summed E-state index contributed by atoms with van der Waals surface area (Å²) < 4.78 is 28.4. The molecule has 0 bridgehead atoms. The minimum atomic E-state index is -3.91. The van der Waals surface area contributed by atoms with Gasteiger partial charge in [-0.2, -0.15) is 0 Å². The summed E-state index contributed by atoms with van der Waals surface area (Å²) >= 11 is 5.97. The number of para-hydroxylation sites is 2. The Morgan fingerprint density at radius 2 is 1.43 bits per heavy atom. The lowest BCUT2D eigenvalue weighted by Crippen LogP contribution is -2.16. The summed E-state index contributed by atoms with van der Waals surface area (Å²) in [6.07, 6.45) is 0. The van der Waals surface area contributed by atoms with E-state index in [2.05, 4.69) is 26.1 Å². The number of hydrogen-bond donors (Lipinski definition) is 2. The lowest BCUT2D eigenvalue weighted by Gasteiger charge is -2.14. The lowest BCUT2D eigenvalue weighted by molar-refractivity contribution is 0.601. The molecule has 0 saturated carbocycles. The van der Waals surface area contributed by atoms with Crippen molar-refractivity contribution >= 4 is 50.0 Å². The van der Waals surface area contributed by atoms with Gasteiger partial charge in [-0.1, -0.05) is 35.9 Å². The van der Waals surface area contributed by atoms with Crippen molar-refractivity contribution in [2.75, 3.05) is 10.0 Å². The number of aryl methyl sites for hydroxylation is 2. The van der Waals surface area contributed by atoms with Crippen LogP contribution in [0.25, 0.3) is 11.0 Å². The molecule has 30 heavy (non-hydrogen) atoms. The summed E-state index contributed by atoms with van der Waals surface area (Å²) in [5.74, 6) is 0.414. The average Bonchev–Trinajstić information content (AvgIpc) is 2.67. The first-order chi connectivity index (χ1) is 14.3. The van der Waals surface area contributed by atoms with Gasteiger partial charge in [0.2, 0.25) is 0 Å². The largest absolute Gasteiger partial charge is 0.337 e. The van der Waals surface area contributed by atoms with E-state index in [0.29, 0.717) is 21.9 Å². The van der Waals surface area contributed by atoms with Gasteiger partial charge in [-0.15, -0.1) is 0 Å². The van der Waals surface area contributed by atoms with Gasteiger partial charge in [0.05, 0.1) is 15.9 Å². The number of sulfonamides is 1. The number of aromatic nitrogens is 2. The summed E-state index contributed by atoms with van der Waals surface area (Å²) in [4.78, 5) is 9.14. The standard InChI is InChI=1S/C22H19ClN4O2S/c1-14-10-15(2)12-17(11-14)24-21-22(26-20-9-4-3-8-19(20)25-21)27-30(28,29)18-7-5-6-16(23)13-18/h3-13H,1-2H3,(H,24,25)(H,26,27). The highest BCUT2D eigenvalue weighted by atomic mass is 35.5. The Labute approximate surface area is 180 Å². The molecule has 1 aromatic heterocycles. The van der Waals surface area contributed by atoms with Crippen molar-refractivity contribution in [1.29, 1.82) is 0 Å². The zero-order chi connectivity index (χ0) is 21.3. The van der Waals surface area contributed by atoms with E-state index in [1.807, 2.05) is 44.2 Å². The molecule has 0 radical (unpaired) electrons. The molecule has 3 aromatic carbocycles. The van der Waals surface area contributed by atoms with E-state index < -0.39 is 10.0 Å². The molecule has 0 fully saturated rings. The van der Waals surface area contributed by atoms with Crippen molar-refractivity contribution in [2.45, 2.75) is 18.7 Å². The second kappa shape index (κ2) is 7.93. The van der Waals surface area contributed by atoms with Gasteiger partial charge in [0.1, 0.15) is 0 Å². The fourth-order valence-electron chi connectivity index (χ4n) is 3.16. The molecule has 4 aromatic rings. The van der Waals surface area contributed by atoms with Crippen LogP contribution in [0.5, 0.6) is 0 Å². The van der Waals surface area contributed by atoms with Crippen LogP contribution in [-0.4, -0.2) is 18.4 Å². The molecular weight excluding hydrogens is 420 g/mol. The van der Waals surface area contributed by atoms with Crippen molar-refractivity contribution in [3.8, 4) is 0 Å². The first-order valence-electron chi connectivity index (χ1n) is 9.21. The smallest absolute Gasteiger partial charge is 0.263 e. The van der Waals surface area contributed by atoms with Gasteiger partial charge in [0.15, 0.2) is 11.6 Å². The second-order valence-electron chi connectivity index (χ2n) is 6.97. The van der Waals surface area contributed by atoms with E-state index in [9.17, 15) is 8.42 Å². The first-order valence-corrected chi connectivity index (χ1v) is 11.1. The van der Waals surface area contributed by atoms with Crippen molar-refractivity contribution in [1.82, 2.24) is 9.97 Å². The number of nitrogens with zero attached hydrogens (tertiary/aromatic N) is 2. The Morgan fingerprint density at radius 3 is 2.07 bits per heavy atom. The number of rotatable bonds is 5. The average molecular weight is 439 g/mol. The molecule has 2 N–H and O–H groups in total. The van der Waals surface area contributed by atoms with Crippen LogP contribution in [-0.2, 0) is 10.0 Å². The van der Waals surface area contributed by atoms with E-state index in [1.54, 1.807) is 18.2 Å². The maximum absolute atomic E-state index is 12.9. The maximum atomic E-state index is 12.9. The highest BCUT2D eigenvalue weighted by Gasteiger charge is 2.19. The molecule has 4 rings (SSSR count). The van der Waals surface area contributed by atoms with Gasteiger partial charge in [0, 0.05) is 10.7 Å². The predicted molar refractivity (Wildman–Crippen MR) is 121 cm³/mol. The van der Waals surface area contributed by atoms with Gasteiger partial charge in [-0.25, -0.2) is 18.4 Å². The number of benzene rings is 3. The number of fused-ring (bicyclic) bond motifs is 1. The summed E-state index contributed by atoms with van der Waals surface area (Å²) in [5.41, 5.74) is 4.17. The van der Waals surface area contributed by atoms with E-state index in [1.165, 1.54) is 12.1 Å². The van der Waals surface area contributed by atoms with Crippen LogP contribution in [0.1, 0.15) is 11.1 Å². The third-order valence-corrected chi connectivity index (χ3v) is 5.96. The van der Waals surface area contributed by atoms with Crippen molar-refractivity contribution in [3.63, 3.8) is 0 Å². The Kier molecular flexibility index (Phi) is 5.32. The van der Waals surface area contributed by atoms with Crippen LogP contribution >= 0.6 is 11.6 Å².